The highest BCUT2D eigenvalue weighted by molar-refractivity contribution is 5.79. The number of H-pyrrole nitrogens is 1. The molecule has 1 saturated heterocycles. The van der Waals surface area contributed by atoms with E-state index in [0.29, 0.717) is 18.0 Å². The average Bonchev–Trinajstić information content (AvgIpc) is 3.44. The molecule has 1 amide bonds. The van der Waals surface area contributed by atoms with Crippen LogP contribution in [0, 0.1) is 5.82 Å². The van der Waals surface area contributed by atoms with Crippen molar-refractivity contribution in [2.24, 2.45) is 0 Å². The van der Waals surface area contributed by atoms with Crippen molar-refractivity contribution in [2.75, 3.05) is 32.2 Å². The van der Waals surface area contributed by atoms with E-state index in [2.05, 4.69) is 20.4 Å². The number of methoxy groups -OCH3 is 2. The van der Waals surface area contributed by atoms with Crippen LogP contribution in [-0.2, 0) is 11.2 Å². The fraction of sp³-hybridized carbons (Fsp3) is 0.304. The number of nitrogens with one attached hydrogen (secondary N) is 2. The van der Waals surface area contributed by atoms with Gasteiger partial charge in [-0.05, 0) is 53.9 Å². The molecule has 1 aliphatic rings. The van der Waals surface area contributed by atoms with Crippen LogP contribution in [0.3, 0.4) is 0 Å². The Kier molecular flexibility index (Phi) is 6.06. The summed E-state index contributed by atoms with van der Waals surface area (Å²) in [5, 5.41) is 10.5. The van der Waals surface area contributed by atoms with E-state index in [0.717, 1.165) is 35.6 Å². The van der Waals surface area contributed by atoms with Crippen LogP contribution in [0.5, 0.6) is 11.5 Å². The van der Waals surface area contributed by atoms with E-state index in [1.807, 2.05) is 18.2 Å². The van der Waals surface area contributed by atoms with Crippen LogP contribution in [0.2, 0.25) is 0 Å². The second-order valence-corrected chi connectivity index (χ2v) is 7.51. The van der Waals surface area contributed by atoms with Gasteiger partial charge in [-0.2, -0.15) is 5.10 Å². The second-order valence-electron chi connectivity index (χ2n) is 7.51. The number of anilines is 1. The molecule has 31 heavy (non-hydrogen) atoms. The van der Waals surface area contributed by atoms with Crippen LogP contribution in [0.25, 0.3) is 11.3 Å². The lowest BCUT2D eigenvalue weighted by Crippen LogP contribution is -2.38. The highest BCUT2D eigenvalue weighted by Gasteiger charge is 2.25. The van der Waals surface area contributed by atoms with Crippen molar-refractivity contribution in [1.29, 1.82) is 0 Å². The maximum absolute atomic E-state index is 13.1. The normalized spacial score (nSPS) is 15.7. The zero-order valence-electron chi connectivity index (χ0n) is 17.5. The third-order valence-corrected chi connectivity index (χ3v) is 5.41. The van der Waals surface area contributed by atoms with Crippen molar-refractivity contribution < 1.29 is 18.7 Å². The Balaban J connectivity index is 1.33. The van der Waals surface area contributed by atoms with E-state index in [1.54, 1.807) is 32.4 Å². The molecule has 1 atom stereocenters. The van der Waals surface area contributed by atoms with E-state index < -0.39 is 0 Å². The molecule has 0 spiro atoms. The van der Waals surface area contributed by atoms with Gasteiger partial charge in [-0.25, -0.2) is 4.39 Å². The Hall–Kier alpha value is -3.55. The van der Waals surface area contributed by atoms with Crippen LogP contribution in [0.4, 0.5) is 10.2 Å². The predicted molar refractivity (Wildman–Crippen MR) is 116 cm³/mol. The summed E-state index contributed by atoms with van der Waals surface area (Å²) in [5.74, 6) is 1.76. The molecule has 0 unspecified atom stereocenters. The number of aromatic amines is 1. The van der Waals surface area contributed by atoms with Gasteiger partial charge in [0.15, 0.2) is 17.3 Å². The molecule has 1 aromatic heterocycles. The molecule has 2 aromatic carbocycles. The van der Waals surface area contributed by atoms with Crippen LogP contribution >= 0.6 is 0 Å². The number of hydrogen-bond donors (Lipinski definition) is 2. The number of hydrogen-bond acceptors (Lipinski definition) is 5. The van der Waals surface area contributed by atoms with Crippen molar-refractivity contribution in [1.82, 2.24) is 15.5 Å². The molecular formula is C23H25FN4O3. The first-order valence-electron chi connectivity index (χ1n) is 10.1. The minimum Gasteiger partial charge on any atom is -0.493 e. The van der Waals surface area contributed by atoms with Gasteiger partial charge in [0.25, 0.3) is 0 Å². The van der Waals surface area contributed by atoms with Crippen LogP contribution in [0.1, 0.15) is 12.0 Å². The number of aromatic nitrogens is 2. The molecule has 4 rings (SSSR count). The molecule has 8 heteroatoms. The van der Waals surface area contributed by atoms with Crippen molar-refractivity contribution >= 4 is 11.7 Å². The maximum atomic E-state index is 13.1. The van der Waals surface area contributed by atoms with E-state index in [-0.39, 0.29) is 24.2 Å². The quantitative estimate of drug-likeness (QED) is 0.609. The minimum absolute atomic E-state index is 0.0342. The average molecular weight is 424 g/mol. The number of benzene rings is 2. The van der Waals surface area contributed by atoms with Crippen molar-refractivity contribution in [2.45, 2.75) is 18.9 Å². The van der Waals surface area contributed by atoms with E-state index in [1.165, 1.54) is 12.1 Å². The Bertz CT molecular complexity index is 1050. The molecular weight excluding hydrogens is 399 g/mol. The topological polar surface area (TPSA) is 79.5 Å². The zero-order chi connectivity index (χ0) is 21.8. The van der Waals surface area contributed by atoms with E-state index in [9.17, 15) is 9.18 Å². The first-order valence-corrected chi connectivity index (χ1v) is 10.1. The molecule has 0 saturated carbocycles. The van der Waals surface area contributed by atoms with Crippen molar-refractivity contribution in [3.8, 4) is 22.8 Å². The summed E-state index contributed by atoms with van der Waals surface area (Å²) < 4.78 is 23.7. The number of rotatable bonds is 7. The summed E-state index contributed by atoms with van der Waals surface area (Å²) in [6.07, 6.45) is 1.12. The summed E-state index contributed by atoms with van der Waals surface area (Å²) in [4.78, 5) is 14.7. The van der Waals surface area contributed by atoms with Gasteiger partial charge in [-0.1, -0.05) is 6.07 Å². The van der Waals surface area contributed by atoms with Crippen molar-refractivity contribution in [3.63, 3.8) is 0 Å². The Morgan fingerprint density at radius 2 is 1.94 bits per heavy atom. The minimum atomic E-state index is -0.269. The van der Waals surface area contributed by atoms with Crippen LogP contribution in [0.15, 0.2) is 48.5 Å². The number of ether oxygens (including phenoxy) is 2. The summed E-state index contributed by atoms with van der Waals surface area (Å²) in [6, 6.07) is 13.8. The van der Waals surface area contributed by atoms with Gasteiger partial charge in [-0.15, -0.1) is 0 Å². The maximum Gasteiger partial charge on any atom is 0.224 e. The van der Waals surface area contributed by atoms with Gasteiger partial charge in [-0.3, -0.25) is 9.89 Å². The highest BCUT2D eigenvalue weighted by Crippen LogP contribution is 2.28. The Morgan fingerprint density at radius 3 is 2.68 bits per heavy atom. The number of amides is 1. The van der Waals surface area contributed by atoms with Gasteiger partial charge < -0.3 is 19.7 Å². The Morgan fingerprint density at radius 1 is 1.16 bits per heavy atom. The third kappa shape index (κ3) is 4.79. The van der Waals surface area contributed by atoms with Gasteiger partial charge in [0.2, 0.25) is 5.91 Å². The van der Waals surface area contributed by atoms with E-state index in [4.69, 9.17) is 9.47 Å². The van der Waals surface area contributed by atoms with Gasteiger partial charge in [0.05, 0.1) is 26.3 Å². The molecule has 0 radical (unpaired) electrons. The van der Waals surface area contributed by atoms with E-state index >= 15 is 0 Å². The lowest BCUT2D eigenvalue weighted by atomic mass is 10.1. The smallest absolute Gasteiger partial charge is 0.224 e. The molecule has 162 valence electrons. The second kappa shape index (κ2) is 9.07. The summed E-state index contributed by atoms with van der Waals surface area (Å²) in [5.41, 5.74) is 2.57. The summed E-state index contributed by atoms with van der Waals surface area (Å²) in [7, 11) is 3.16. The lowest BCUT2D eigenvalue weighted by molar-refractivity contribution is -0.121. The fourth-order valence-corrected chi connectivity index (χ4v) is 3.79. The molecule has 0 bridgehead atoms. The monoisotopic (exact) mass is 424 g/mol. The Labute approximate surface area is 180 Å². The van der Waals surface area contributed by atoms with Gasteiger partial charge in [0, 0.05) is 25.2 Å². The third-order valence-electron chi connectivity index (χ3n) is 5.41. The first-order chi connectivity index (χ1) is 15.1. The standard InChI is InChI=1S/C23H25FN4O3/c1-30-20-8-3-15(11-21(20)31-2)12-23(29)25-18-9-10-28(14-18)22-13-19(26-27-22)16-4-6-17(24)7-5-16/h3-8,11,13,18H,9-10,12,14H2,1-2H3,(H,25,29)(H,26,27)/t18-/m1/s1. The number of carbonyl (C=O) groups excluding carboxylic acids is 1. The van der Waals surface area contributed by atoms with Gasteiger partial charge >= 0.3 is 0 Å². The largest absolute Gasteiger partial charge is 0.493 e. The number of nitrogens with zero attached hydrogens (tertiary/aromatic N) is 2. The predicted octanol–water partition coefficient (Wildman–Crippen LogP) is 3.17. The van der Waals surface area contributed by atoms with Crippen LogP contribution < -0.4 is 19.7 Å². The fourth-order valence-electron chi connectivity index (χ4n) is 3.79. The molecule has 0 aliphatic carbocycles. The molecule has 2 heterocycles. The van der Waals surface area contributed by atoms with Gasteiger partial charge in [0.1, 0.15) is 5.82 Å². The number of halogens is 1. The molecule has 7 nitrogen and oxygen atoms in total. The first kappa shape index (κ1) is 20.7. The molecule has 1 aliphatic heterocycles. The zero-order valence-corrected chi connectivity index (χ0v) is 17.5. The van der Waals surface area contributed by atoms with Crippen LogP contribution in [-0.4, -0.2) is 49.5 Å². The molecule has 1 fully saturated rings. The summed E-state index contributed by atoms with van der Waals surface area (Å²) in [6.45, 7) is 1.49. The molecule has 3 aromatic rings. The van der Waals surface area contributed by atoms with Crippen molar-refractivity contribution in [3.05, 3.63) is 59.9 Å². The number of carbonyl (C=O) groups is 1. The SMILES string of the molecule is COc1ccc(CC(=O)N[C@@H]2CCN(c3cc(-c4ccc(F)cc4)[nH]n3)C2)cc1OC. The lowest BCUT2D eigenvalue weighted by Gasteiger charge is -2.16. The summed E-state index contributed by atoms with van der Waals surface area (Å²) >= 11 is 0. The highest BCUT2D eigenvalue weighted by atomic mass is 19.1. The molecule has 2 N–H and O–H groups in total.